The lowest BCUT2D eigenvalue weighted by molar-refractivity contribution is -0.187. The van der Waals surface area contributed by atoms with Crippen LogP contribution < -0.4 is 11.1 Å². The molecule has 218 valence electrons. The number of fused-ring (bicyclic) bond motifs is 1. The summed E-state index contributed by atoms with van der Waals surface area (Å²) in [5, 5.41) is 35.9. The molecule has 0 saturated heterocycles. The molecule has 2 fully saturated rings. The number of aliphatic carboxylic acids is 1. The highest BCUT2D eigenvalue weighted by molar-refractivity contribution is 6.28. The Morgan fingerprint density at radius 3 is 2.19 bits per heavy atom. The molecule has 2 aliphatic carbocycles. The van der Waals surface area contributed by atoms with Gasteiger partial charge in [0.2, 0.25) is 11.2 Å². The number of hydrogen-bond acceptors (Lipinski definition) is 8. The van der Waals surface area contributed by atoms with Crippen LogP contribution in [0, 0.1) is 10.8 Å². The fourth-order valence-electron chi connectivity index (χ4n) is 6.93. The number of imidazole rings is 1. The number of nitrogens with one attached hydrogen (secondary N) is 1. The number of rotatable bonds is 9. The van der Waals surface area contributed by atoms with Crippen LogP contribution in [0.25, 0.3) is 11.2 Å². The largest absolute Gasteiger partial charge is 0.481 e. The quantitative estimate of drug-likeness (QED) is 0.183. The topological polar surface area (TPSA) is 176 Å². The Balaban J connectivity index is 1.35. The first-order valence-corrected chi connectivity index (χ1v) is 14.2. The Morgan fingerprint density at radius 2 is 1.67 bits per heavy atom. The van der Waals surface area contributed by atoms with Gasteiger partial charge in [0.15, 0.2) is 17.0 Å². The van der Waals surface area contributed by atoms with Gasteiger partial charge >= 0.3 is 5.97 Å². The van der Waals surface area contributed by atoms with Gasteiger partial charge < -0.3 is 30.9 Å². The monoisotopic (exact) mass is 590 g/mol. The molecule has 6 N–H and O–H groups in total. The van der Waals surface area contributed by atoms with Crippen LogP contribution in [0.15, 0.2) is 67.0 Å². The standard InChI is InChI=1S/C30H31ClN6O5/c31-28-35-24(33-15-19(17-8-3-1-4-9-17)18-10-5-2-6-11-18)21-25(36-28)37(16-34-21)20-14-30(26(32)40,23(39)22(20)38)29(27(41)42)12-7-13-29/h1-6,8-11,16,19-20,22-23,38-39H,7,12-15H2,(H2,32,40)(H,41,42)(H,33,35,36)/t20-,22+,23+,30+/m1/s1. The predicted octanol–water partition coefficient (Wildman–Crippen LogP) is 3.12. The fraction of sp³-hybridized carbons (Fsp3) is 0.367. The van der Waals surface area contributed by atoms with Crippen molar-refractivity contribution in [1.29, 1.82) is 0 Å². The van der Waals surface area contributed by atoms with E-state index in [1.807, 2.05) is 36.4 Å². The van der Waals surface area contributed by atoms with Gasteiger partial charge in [0, 0.05) is 12.5 Å². The highest BCUT2D eigenvalue weighted by atomic mass is 35.5. The number of anilines is 1. The summed E-state index contributed by atoms with van der Waals surface area (Å²) >= 11 is 6.36. The molecule has 42 heavy (non-hydrogen) atoms. The van der Waals surface area contributed by atoms with Gasteiger partial charge in [-0.05, 0) is 42.0 Å². The van der Waals surface area contributed by atoms with Gasteiger partial charge in [0.1, 0.15) is 6.10 Å². The summed E-state index contributed by atoms with van der Waals surface area (Å²) in [6.45, 7) is 0.458. The molecular weight excluding hydrogens is 560 g/mol. The summed E-state index contributed by atoms with van der Waals surface area (Å²) in [4.78, 5) is 38.6. The van der Waals surface area contributed by atoms with Crippen molar-refractivity contribution in [3.05, 3.63) is 83.4 Å². The molecule has 12 heteroatoms. The number of aromatic nitrogens is 4. The van der Waals surface area contributed by atoms with Gasteiger partial charge in [0.05, 0.1) is 29.3 Å². The number of amides is 1. The summed E-state index contributed by atoms with van der Waals surface area (Å²) in [6, 6.07) is 19.2. The van der Waals surface area contributed by atoms with Crippen LogP contribution in [0.5, 0.6) is 0 Å². The highest BCUT2D eigenvalue weighted by Crippen LogP contribution is 2.63. The smallest absolute Gasteiger partial charge is 0.310 e. The SMILES string of the molecule is NC(=O)[C@]1(C2(C(=O)O)CCC2)C[C@@H](n2cnc3c(NCC(c4ccccc4)c4ccccc4)nc(Cl)nc32)[C@H](O)[C@@H]1O. The number of carboxylic acid groups (broad SMARTS) is 1. The molecular formula is C30H31ClN6O5. The maximum atomic E-state index is 12.9. The predicted molar refractivity (Wildman–Crippen MR) is 155 cm³/mol. The van der Waals surface area contributed by atoms with Crippen LogP contribution in [-0.4, -0.2) is 65.5 Å². The number of aliphatic hydroxyl groups excluding tert-OH is 2. The minimum atomic E-state index is -1.87. The Labute approximate surface area is 246 Å². The first-order valence-electron chi connectivity index (χ1n) is 13.8. The number of carbonyl (C=O) groups excluding carboxylic acids is 1. The maximum Gasteiger partial charge on any atom is 0.310 e. The van der Waals surface area contributed by atoms with E-state index in [1.165, 1.54) is 10.9 Å². The second-order valence-corrected chi connectivity index (χ2v) is 11.5. The molecule has 0 spiro atoms. The molecule has 2 aromatic carbocycles. The number of carbonyl (C=O) groups is 2. The van der Waals surface area contributed by atoms with E-state index < -0.39 is 41.0 Å². The van der Waals surface area contributed by atoms with E-state index in [4.69, 9.17) is 17.3 Å². The minimum Gasteiger partial charge on any atom is -0.481 e. The van der Waals surface area contributed by atoms with Crippen LogP contribution in [0.1, 0.15) is 48.8 Å². The van der Waals surface area contributed by atoms with Gasteiger partial charge in [-0.3, -0.25) is 9.59 Å². The van der Waals surface area contributed by atoms with Crippen LogP contribution in [-0.2, 0) is 9.59 Å². The number of carboxylic acids is 1. The molecule has 0 aliphatic heterocycles. The number of primary amides is 1. The normalized spacial score (nSPS) is 24.9. The summed E-state index contributed by atoms with van der Waals surface area (Å²) in [7, 11) is 0. The first-order chi connectivity index (χ1) is 20.2. The Kier molecular flexibility index (Phi) is 7.12. The number of hydrogen-bond donors (Lipinski definition) is 5. The van der Waals surface area contributed by atoms with Crippen molar-refractivity contribution < 1.29 is 24.9 Å². The molecule has 4 atom stereocenters. The van der Waals surface area contributed by atoms with E-state index in [0.29, 0.717) is 24.3 Å². The van der Waals surface area contributed by atoms with Gasteiger partial charge in [-0.1, -0.05) is 67.1 Å². The van der Waals surface area contributed by atoms with Crippen LogP contribution in [0.4, 0.5) is 5.82 Å². The summed E-state index contributed by atoms with van der Waals surface area (Å²) in [5.41, 5.74) is 5.22. The van der Waals surface area contributed by atoms with Crippen molar-refractivity contribution in [2.45, 2.75) is 49.9 Å². The van der Waals surface area contributed by atoms with Crippen LogP contribution in [0.3, 0.4) is 0 Å². The van der Waals surface area contributed by atoms with E-state index in [2.05, 4.69) is 44.5 Å². The average molecular weight is 591 g/mol. The number of benzene rings is 2. The summed E-state index contributed by atoms with van der Waals surface area (Å²) in [5.74, 6) is -1.81. The van der Waals surface area contributed by atoms with Crippen molar-refractivity contribution in [1.82, 2.24) is 19.5 Å². The second kappa shape index (κ2) is 10.6. The average Bonchev–Trinajstić information content (AvgIpc) is 3.48. The third-order valence-corrected chi connectivity index (χ3v) is 9.46. The van der Waals surface area contributed by atoms with E-state index in [1.54, 1.807) is 0 Å². The molecule has 2 aliphatic rings. The van der Waals surface area contributed by atoms with E-state index in [0.717, 1.165) is 11.1 Å². The molecule has 0 unspecified atom stereocenters. The summed E-state index contributed by atoms with van der Waals surface area (Å²) in [6.07, 6.45) is -1.03. The molecule has 0 radical (unpaired) electrons. The number of halogens is 1. The minimum absolute atomic E-state index is 0.0176. The zero-order valence-electron chi connectivity index (χ0n) is 22.6. The van der Waals surface area contributed by atoms with Crippen molar-refractivity contribution in [3.63, 3.8) is 0 Å². The molecule has 6 rings (SSSR count). The van der Waals surface area contributed by atoms with Crippen LogP contribution >= 0.6 is 11.6 Å². The molecule has 4 aromatic rings. The second-order valence-electron chi connectivity index (χ2n) is 11.2. The lowest BCUT2D eigenvalue weighted by Crippen LogP contribution is -2.62. The maximum absolute atomic E-state index is 12.9. The zero-order chi connectivity index (χ0) is 29.6. The van der Waals surface area contributed by atoms with Gasteiger partial charge in [-0.25, -0.2) is 4.98 Å². The Bertz CT molecular complexity index is 1590. The van der Waals surface area contributed by atoms with Crippen molar-refractivity contribution in [3.8, 4) is 0 Å². The zero-order valence-corrected chi connectivity index (χ0v) is 23.4. The third-order valence-electron chi connectivity index (χ3n) is 9.29. The number of nitrogens with zero attached hydrogens (tertiary/aromatic N) is 4. The number of aliphatic hydroxyl groups is 2. The van der Waals surface area contributed by atoms with Gasteiger partial charge in [-0.2, -0.15) is 9.97 Å². The molecule has 1 amide bonds. The fourth-order valence-corrected chi connectivity index (χ4v) is 7.10. The highest BCUT2D eigenvalue weighted by Gasteiger charge is 2.71. The molecule has 2 heterocycles. The Hall–Kier alpha value is -4.06. The van der Waals surface area contributed by atoms with Gasteiger partial charge in [0.25, 0.3) is 0 Å². The molecule has 2 saturated carbocycles. The van der Waals surface area contributed by atoms with E-state index in [9.17, 15) is 24.9 Å². The van der Waals surface area contributed by atoms with E-state index >= 15 is 0 Å². The van der Waals surface area contributed by atoms with Crippen molar-refractivity contribution >= 4 is 40.5 Å². The van der Waals surface area contributed by atoms with Gasteiger partial charge in [-0.15, -0.1) is 0 Å². The molecule has 2 aromatic heterocycles. The summed E-state index contributed by atoms with van der Waals surface area (Å²) < 4.78 is 1.52. The molecule has 0 bridgehead atoms. The van der Waals surface area contributed by atoms with Crippen molar-refractivity contribution in [2.24, 2.45) is 16.6 Å². The van der Waals surface area contributed by atoms with Crippen LogP contribution in [0.2, 0.25) is 5.28 Å². The first kappa shape index (κ1) is 28.1. The lowest BCUT2D eigenvalue weighted by atomic mass is 9.51. The molecule has 11 nitrogen and oxygen atoms in total. The van der Waals surface area contributed by atoms with E-state index in [-0.39, 0.29) is 36.1 Å². The lowest BCUT2D eigenvalue weighted by Gasteiger charge is -2.51. The Morgan fingerprint density at radius 1 is 1.05 bits per heavy atom. The number of nitrogens with two attached hydrogens (primary N) is 1. The van der Waals surface area contributed by atoms with Crippen molar-refractivity contribution in [2.75, 3.05) is 11.9 Å². The third kappa shape index (κ3) is 4.22.